The Morgan fingerprint density at radius 3 is 2.85 bits per heavy atom. The van der Waals surface area contributed by atoms with Crippen LogP contribution in [0.1, 0.15) is 31.6 Å². The highest BCUT2D eigenvalue weighted by Gasteiger charge is 2.31. The molecular weight excluding hydrogens is 292 g/mol. The van der Waals surface area contributed by atoms with E-state index in [0.29, 0.717) is 23.2 Å². The fraction of sp³-hybridized carbons (Fsp3) is 0.714. The first-order valence-corrected chi connectivity index (χ1v) is 9.59. The molecule has 1 saturated heterocycles. The monoisotopic (exact) mass is 316 g/mol. The molecule has 1 aromatic heterocycles. The van der Waals surface area contributed by atoms with Gasteiger partial charge in [-0.1, -0.05) is 13.8 Å². The van der Waals surface area contributed by atoms with E-state index < -0.39 is 10.0 Å². The largest absolute Gasteiger partial charge is 0.316 e. The fourth-order valence-corrected chi connectivity index (χ4v) is 5.47. The molecule has 0 radical (unpaired) electrons. The Bertz CT molecular complexity index is 525. The molecule has 1 aliphatic rings. The third kappa shape index (κ3) is 3.81. The van der Waals surface area contributed by atoms with Crippen LogP contribution in [0.5, 0.6) is 0 Å². The van der Waals surface area contributed by atoms with Crippen molar-refractivity contribution in [2.75, 3.05) is 26.2 Å². The summed E-state index contributed by atoms with van der Waals surface area (Å²) in [6, 6.07) is 3.71. The lowest BCUT2D eigenvalue weighted by molar-refractivity contribution is 0.466. The lowest BCUT2D eigenvalue weighted by atomic mass is 10.2. The van der Waals surface area contributed by atoms with Gasteiger partial charge < -0.3 is 5.32 Å². The predicted octanol–water partition coefficient (Wildman–Crippen LogP) is 2.32. The third-order valence-electron chi connectivity index (χ3n) is 3.59. The van der Waals surface area contributed by atoms with Gasteiger partial charge in [0.1, 0.15) is 4.21 Å². The van der Waals surface area contributed by atoms with Gasteiger partial charge in [-0.05, 0) is 50.4 Å². The molecular formula is C14H24N2O2S2. The number of nitrogens with one attached hydrogen (secondary N) is 1. The Balaban J connectivity index is 1.97. The summed E-state index contributed by atoms with van der Waals surface area (Å²) in [4.78, 5) is 1.14. The van der Waals surface area contributed by atoms with Gasteiger partial charge in [-0.3, -0.25) is 0 Å². The Hall–Kier alpha value is -0.430. The zero-order valence-electron chi connectivity index (χ0n) is 12.3. The summed E-state index contributed by atoms with van der Waals surface area (Å²) in [5, 5.41) is 3.34. The molecule has 0 saturated carbocycles. The van der Waals surface area contributed by atoms with E-state index in [2.05, 4.69) is 19.2 Å². The summed E-state index contributed by atoms with van der Waals surface area (Å²) in [5.74, 6) is 0.474. The summed E-state index contributed by atoms with van der Waals surface area (Å²) in [6.07, 6.45) is 2.99. The minimum atomic E-state index is -3.25. The second kappa shape index (κ2) is 7.02. The van der Waals surface area contributed by atoms with Crippen molar-refractivity contribution >= 4 is 21.4 Å². The zero-order valence-corrected chi connectivity index (χ0v) is 13.9. The minimum absolute atomic E-state index is 0.474. The molecule has 1 fully saturated rings. The van der Waals surface area contributed by atoms with Gasteiger partial charge in [0.15, 0.2) is 0 Å². The van der Waals surface area contributed by atoms with Crippen molar-refractivity contribution < 1.29 is 8.42 Å². The first-order valence-electron chi connectivity index (χ1n) is 7.33. The van der Waals surface area contributed by atoms with Crippen molar-refractivity contribution in [3.8, 4) is 0 Å². The molecule has 0 bridgehead atoms. The standard InChI is InChI=1S/C14H24N2O2S2/c1-3-8-15-9-6-13-4-5-14(19-13)20(17,18)16-10-7-12(2)11-16/h4-5,12,15H,3,6-11H2,1-2H3. The highest BCUT2D eigenvalue weighted by molar-refractivity contribution is 7.91. The number of hydrogen-bond donors (Lipinski definition) is 1. The summed E-state index contributed by atoms with van der Waals surface area (Å²) in [5.41, 5.74) is 0. The zero-order chi connectivity index (χ0) is 14.6. The molecule has 114 valence electrons. The predicted molar refractivity (Wildman–Crippen MR) is 83.7 cm³/mol. The molecule has 1 aromatic rings. The third-order valence-corrected chi connectivity index (χ3v) is 7.07. The van der Waals surface area contributed by atoms with E-state index in [9.17, 15) is 8.42 Å². The number of hydrogen-bond acceptors (Lipinski definition) is 4. The van der Waals surface area contributed by atoms with Gasteiger partial charge >= 0.3 is 0 Å². The van der Waals surface area contributed by atoms with Crippen LogP contribution in [0, 0.1) is 5.92 Å². The van der Waals surface area contributed by atoms with Crippen molar-refractivity contribution in [2.24, 2.45) is 5.92 Å². The molecule has 2 rings (SSSR count). The number of thiophene rings is 1. The van der Waals surface area contributed by atoms with Crippen LogP contribution in [-0.2, 0) is 16.4 Å². The molecule has 0 spiro atoms. The number of rotatable bonds is 7. The normalized spacial score (nSPS) is 20.6. The molecule has 1 unspecified atom stereocenters. The molecule has 0 aromatic carbocycles. The first kappa shape index (κ1) is 15.9. The molecule has 4 nitrogen and oxygen atoms in total. The SMILES string of the molecule is CCCNCCc1ccc(S(=O)(=O)N2CCC(C)C2)s1. The van der Waals surface area contributed by atoms with Crippen molar-refractivity contribution in [3.05, 3.63) is 17.0 Å². The maximum absolute atomic E-state index is 12.5. The Kier molecular flexibility index (Phi) is 5.60. The van der Waals surface area contributed by atoms with E-state index in [1.165, 1.54) is 11.3 Å². The van der Waals surface area contributed by atoms with Crippen LogP contribution in [0.2, 0.25) is 0 Å². The highest BCUT2D eigenvalue weighted by atomic mass is 32.2. The van der Waals surface area contributed by atoms with Gasteiger partial charge in [-0.25, -0.2) is 8.42 Å². The fourth-order valence-electron chi connectivity index (χ4n) is 2.38. The number of nitrogens with zero attached hydrogens (tertiary/aromatic N) is 1. The maximum Gasteiger partial charge on any atom is 0.252 e. The van der Waals surface area contributed by atoms with Gasteiger partial charge in [0.05, 0.1) is 0 Å². The average Bonchev–Trinajstić information content (AvgIpc) is 3.04. The second-order valence-corrected chi connectivity index (χ2v) is 8.81. The summed E-state index contributed by atoms with van der Waals surface area (Å²) >= 11 is 1.42. The lowest BCUT2D eigenvalue weighted by Gasteiger charge is -2.14. The smallest absolute Gasteiger partial charge is 0.252 e. The molecule has 0 aliphatic carbocycles. The van der Waals surface area contributed by atoms with Crippen molar-refractivity contribution in [1.29, 1.82) is 0 Å². The van der Waals surface area contributed by atoms with Crippen molar-refractivity contribution in [1.82, 2.24) is 9.62 Å². The van der Waals surface area contributed by atoms with E-state index in [1.54, 1.807) is 10.4 Å². The van der Waals surface area contributed by atoms with Crippen LogP contribution in [0.15, 0.2) is 16.3 Å². The molecule has 6 heteroatoms. The minimum Gasteiger partial charge on any atom is -0.316 e. The van der Waals surface area contributed by atoms with E-state index in [-0.39, 0.29) is 0 Å². The average molecular weight is 316 g/mol. The molecule has 1 N–H and O–H groups in total. The van der Waals surface area contributed by atoms with Crippen molar-refractivity contribution in [2.45, 2.75) is 37.3 Å². The molecule has 20 heavy (non-hydrogen) atoms. The van der Waals surface area contributed by atoms with Crippen LogP contribution < -0.4 is 5.32 Å². The second-order valence-electron chi connectivity index (χ2n) is 5.48. The van der Waals surface area contributed by atoms with Crippen LogP contribution in [0.25, 0.3) is 0 Å². The number of sulfonamides is 1. The van der Waals surface area contributed by atoms with Gasteiger partial charge in [0.2, 0.25) is 0 Å². The Morgan fingerprint density at radius 1 is 1.40 bits per heavy atom. The lowest BCUT2D eigenvalue weighted by Crippen LogP contribution is -2.27. The first-order chi connectivity index (χ1) is 9.54. The quantitative estimate of drug-likeness (QED) is 0.786. The van der Waals surface area contributed by atoms with Gasteiger partial charge in [-0.2, -0.15) is 4.31 Å². The van der Waals surface area contributed by atoms with Crippen molar-refractivity contribution in [3.63, 3.8) is 0 Å². The van der Waals surface area contributed by atoms with E-state index >= 15 is 0 Å². The van der Waals surface area contributed by atoms with E-state index in [1.807, 2.05) is 6.07 Å². The van der Waals surface area contributed by atoms with Crippen LogP contribution in [0.3, 0.4) is 0 Å². The Morgan fingerprint density at radius 2 is 2.20 bits per heavy atom. The molecule has 2 heterocycles. The topological polar surface area (TPSA) is 49.4 Å². The molecule has 1 aliphatic heterocycles. The van der Waals surface area contributed by atoms with E-state index in [4.69, 9.17) is 0 Å². The maximum atomic E-state index is 12.5. The van der Waals surface area contributed by atoms with Gasteiger partial charge in [0, 0.05) is 18.0 Å². The molecule has 0 amide bonds. The van der Waals surface area contributed by atoms with Gasteiger partial charge in [0.25, 0.3) is 10.0 Å². The summed E-state index contributed by atoms with van der Waals surface area (Å²) in [6.45, 7) is 7.49. The highest BCUT2D eigenvalue weighted by Crippen LogP contribution is 2.28. The van der Waals surface area contributed by atoms with Crippen LogP contribution in [0.4, 0.5) is 0 Å². The van der Waals surface area contributed by atoms with E-state index in [0.717, 1.165) is 37.2 Å². The van der Waals surface area contributed by atoms with Crippen LogP contribution in [-0.4, -0.2) is 38.9 Å². The summed E-state index contributed by atoms with van der Waals surface area (Å²) < 4.78 is 27.1. The summed E-state index contributed by atoms with van der Waals surface area (Å²) in [7, 11) is -3.25. The molecule has 1 atom stereocenters. The van der Waals surface area contributed by atoms with Gasteiger partial charge in [-0.15, -0.1) is 11.3 Å². The van der Waals surface area contributed by atoms with Crippen LogP contribution >= 0.6 is 11.3 Å². The Labute approximate surface area is 126 Å².